The van der Waals surface area contributed by atoms with E-state index in [0.29, 0.717) is 25.4 Å². The summed E-state index contributed by atoms with van der Waals surface area (Å²) < 4.78 is 11.3. The lowest BCUT2D eigenvalue weighted by molar-refractivity contribution is -0.384. The van der Waals surface area contributed by atoms with E-state index in [-0.39, 0.29) is 22.6 Å². The average molecular weight is 413 g/mol. The SMILES string of the molecule is CNC(=O)c1cc([N+](=O)[O-])ccc1NCC1(c2cc(C)ccc2OC)CCOCC1. The number of methoxy groups -OCH3 is 1. The minimum Gasteiger partial charge on any atom is -0.496 e. The second-order valence-corrected chi connectivity index (χ2v) is 7.52. The predicted octanol–water partition coefficient (Wildman–Crippen LogP) is 3.43. The molecule has 1 heterocycles. The number of benzene rings is 2. The molecule has 2 N–H and O–H groups in total. The first-order chi connectivity index (χ1) is 14.4. The molecule has 30 heavy (non-hydrogen) atoms. The number of non-ortho nitro benzene ring substituents is 1. The predicted molar refractivity (Wildman–Crippen MR) is 114 cm³/mol. The fourth-order valence-electron chi connectivity index (χ4n) is 3.93. The molecule has 1 amide bonds. The Morgan fingerprint density at radius 2 is 1.97 bits per heavy atom. The summed E-state index contributed by atoms with van der Waals surface area (Å²) in [5.41, 5.74) is 2.65. The van der Waals surface area contributed by atoms with E-state index in [1.54, 1.807) is 13.2 Å². The van der Waals surface area contributed by atoms with Crippen molar-refractivity contribution in [3.8, 4) is 5.75 Å². The number of ether oxygens (including phenoxy) is 2. The Hall–Kier alpha value is -3.13. The number of nitro groups is 1. The highest BCUT2D eigenvalue weighted by molar-refractivity contribution is 6.00. The fourth-order valence-corrected chi connectivity index (χ4v) is 3.93. The van der Waals surface area contributed by atoms with E-state index in [4.69, 9.17) is 9.47 Å². The first kappa shape index (κ1) is 21.6. The Kier molecular flexibility index (Phi) is 6.56. The number of nitrogens with zero attached hydrogens (tertiary/aromatic N) is 1. The van der Waals surface area contributed by atoms with Gasteiger partial charge in [0.05, 0.1) is 17.6 Å². The van der Waals surface area contributed by atoms with Gasteiger partial charge in [0.25, 0.3) is 11.6 Å². The Morgan fingerprint density at radius 1 is 1.23 bits per heavy atom. The zero-order valence-electron chi connectivity index (χ0n) is 17.5. The zero-order valence-corrected chi connectivity index (χ0v) is 17.5. The van der Waals surface area contributed by atoms with Gasteiger partial charge in [-0.05, 0) is 31.9 Å². The largest absolute Gasteiger partial charge is 0.496 e. The van der Waals surface area contributed by atoms with Crippen LogP contribution in [0.2, 0.25) is 0 Å². The van der Waals surface area contributed by atoms with Crippen LogP contribution in [0.15, 0.2) is 36.4 Å². The third kappa shape index (κ3) is 4.38. The number of aryl methyl sites for hydroxylation is 1. The summed E-state index contributed by atoms with van der Waals surface area (Å²) >= 11 is 0. The van der Waals surface area contributed by atoms with Crippen LogP contribution in [0.25, 0.3) is 0 Å². The van der Waals surface area contributed by atoms with Gasteiger partial charge >= 0.3 is 0 Å². The number of hydrogen-bond donors (Lipinski definition) is 2. The lowest BCUT2D eigenvalue weighted by Crippen LogP contribution is -2.40. The first-order valence-electron chi connectivity index (χ1n) is 9.87. The highest BCUT2D eigenvalue weighted by Crippen LogP contribution is 2.41. The standard InChI is InChI=1S/C22H27N3O5/c1-15-4-7-20(29-3)18(12-15)22(8-10-30-11-9-22)14-24-19-6-5-16(25(27)28)13-17(19)21(26)23-2/h4-7,12-13,24H,8-11,14H2,1-3H3,(H,23,26). The number of carbonyl (C=O) groups is 1. The van der Waals surface area contributed by atoms with Crippen LogP contribution < -0.4 is 15.4 Å². The Morgan fingerprint density at radius 3 is 2.60 bits per heavy atom. The first-order valence-corrected chi connectivity index (χ1v) is 9.87. The normalized spacial score (nSPS) is 15.3. The van der Waals surface area contributed by atoms with Crippen LogP contribution in [0.1, 0.15) is 34.3 Å². The maximum absolute atomic E-state index is 12.3. The molecule has 2 aromatic rings. The molecular weight excluding hydrogens is 386 g/mol. The molecule has 0 radical (unpaired) electrons. The van der Waals surface area contributed by atoms with E-state index >= 15 is 0 Å². The molecule has 0 aromatic heterocycles. The van der Waals surface area contributed by atoms with E-state index in [0.717, 1.165) is 29.7 Å². The van der Waals surface area contributed by atoms with Crippen molar-refractivity contribution in [2.75, 3.05) is 39.2 Å². The molecule has 8 heteroatoms. The number of amides is 1. The van der Waals surface area contributed by atoms with Crippen LogP contribution in [0.3, 0.4) is 0 Å². The molecule has 8 nitrogen and oxygen atoms in total. The molecular formula is C22H27N3O5. The van der Waals surface area contributed by atoms with E-state index in [1.165, 1.54) is 19.2 Å². The summed E-state index contributed by atoms with van der Waals surface area (Å²) in [5, 5.41) is 17.1. The second-order valence-electron chi connectivity index (χ2n) is 7.52. The monoisotopic (exact) mass is 413 g/mol. The average Bonchev–Trinajstić information content (AvgIpc) is 2.77. The summed E-state index contributed by atoms with van der Waals surface area (Å²) in [6.07, 6.45) is 1.59. The topological polar surface area (TPSA) is 103 Å². The van der Waals surface area contributed by atoms with Crippen LogP contribution in [0.5, 0.6) is 5.75 Å². The summed E-state index contributed by atoms with van der Waals surface area (Å²) in [5.74, 6) is 0.440. The molecule has 1 saturated heterocycles. The van der Waals surface area contributed by atoms with Crippen LogP contribution >= 0.6 is 0 Å². The number of hydrogen-bond acceptors (Lipinski definition) is 6. The molecule has 1 aliphatic rings. The molecule has 160 valence electrons. The highest BCUT2D eigenvalue weighted by Gasteiger charge is 2.37. The van der Waals surface area contributed by atoms with Crippen molar-refractivity contribution >= 4 is 17.3 Å². The summed E-state index contributed by atoms with van der Waals surface area (Å²) in [7, 11) is 3.16. The van der Waals surface area contributed by atoms with Crippen LogP contribution in [0.4, 0.5) is 11.4 Å². The van der Waals surface area contributed by atoms with Crippen molar-refractivity contribution in [1.82, 2.24) is 5.32 Å². The minimum atomic E-state index is -0.506. The van der Waals surface area contributed by atoms with E-state index in [1.807, 2.05) is 19.1 Å². The van der Waals surface area contributed by atoms with Crippen LogP contribution in [-0.2, 0) is 10.2 Å². The molecule has 0 spiro atoms. The Bertz CT molecular complexity index is 938. The van der Waals surface area contributed by atoms with Crippen molar-refractivity contribution in [3.63, 3.8) is 0 Å². The minimum absolute atomic E-state index is 0.125. The number of rotatable bonds is 7. The van der Waals surface area contributed by atoms with Crippen molar-refractivity contribution in [2.45, 2.75) is 25.2 Å². The lowest BCUT2D eigenvalue weighted by atomic mass is 9.73. The smallest absolute Gasteiger partial charge is 0.270 e. The van der Waals surface area contributed by atoms with Crippen molar-refractivity contribution in [3.05, 3.63) is 63.2 Å². The molecule has 1 fully saturated rings. The fraction of sp³-hybridized carbons (Fsp3) is 0.409. The number of anilines is 1. The molecule has 0 unspecified atom stereocenters. The van der Waals surface area contributed by atoms with Gasteiger partial charge in [0.15, 0.2) is 0 Å². The van der Waals surface area contributed by atoms with Gasteiger partial charge in [0, 0.05) is 55.6 Å². The molecule has 0 bridgehead atoms. The van der Waals surface area contributed by atoms with E-state index in [9.17, 15) is 14.9 Å². The molecule has 0 saturated carbocycles. The number of carbonyl (C=O) groups excluding carboxylic acids is 1. The van der Waals surface area contributed by atoms with Gasteiger partial charge in [0.2, 0.25) is 0 Å². The van der Waals surface area contributed by atoms with Crippen LogP contribution in [-0.4, -0.2) is 44.7 Å². The van der Waals surface area contributed by atoms with Gasteiger partial charge < -0.3 is 20.1 Å². The molecule has 3 rings (SSSR count). The van der Waals surface area contributed by atoms with Crippen molar-refractivity contribution in [1.29, 1.82) is 0 Å². The Labute approximate surface area is 175 Å². The molecule has 1 aliphatic heterocycles. The second kappa shape index (κ2) is 9.13. The third-order valence-corrected chi connectivity index (χ3v) is 5.68. The van der Waals surface area contributed by atoms with Gasteiger partial charge in [0.1, 0.15) is 5.75 Å². The van der Waals surface area contributed by atoms with E-state index in [2.05, 4.69) is 16.7 Å². The van der Waals surface area contributed by atoms with Gasteiger partial charge in [-0.1, -0.05) is 17.7 Å². The molecule has 0 atom stereocenters. The van der Waals surface area contributed by atoms with Gasteiger partial charge in [-0.3, -0.25) is 14.9 Å². The maximum Gasteiger partial charge on any atom is 0.270 e. The highest BCUT2D eigenvalue weighted by atomic mass is 16.6. The summed E-state index contributed by atoms with van der Waals surface area (Å²) in [6, 6.07) is 10.4. The van der Waals surface area contributed by atoms with Gasteiger partial charge in [-0.2, -0.15) is 0 Å². The van der Waals surface area contributed by atoms with Crippen molar-refractivity contribution in [2.24, 2.45) is 0 Å². The number of nitro benzene ring substituents is 1. The summed E-state index contributed by atoms with van der Waals surface area (Å²) in [6.45, 7) is 3.84. The van der Waals surface area contributed by atoms with Crippen molar-refractivity contribution < 1.29 is 19.2 Å². The van der Waals surface area contributed by atoms with Crippen LogP contribution in [0, 0.1) is 17.0 Å². The van der Waals surface area contributed by atoms with Gasteiger partial charge in [-0.25, -0.2) is 0 Å². The third-order valence-electron chi connectivity index (χ3n) is 5.68. The molecule has 2 aromatic carbocycles. The summed E-state index contributed by atoms with van der Waals surface area (Å²) in [4.78, 5) is 23.0. The molecule has 0 aliphatic carbocycles. The van der Waals surface area contributed by atoms with Gasteiger partial charge in [-0.15, -0.1) is 0 Å². The maximum atomic E-state index is 12.3. The van der Waals surface area contributed by atoms with E-state index < -0.39 is 4.92 Å². The number of nitrogens with one attached hydrogen (secondary N) is 2. The quantitative estimate of drug-likeness (QED) is 0.533. The lowest BCUT2D eigenvalue weighted by Gasteiger charge is -2.39. The zero-order chi connectivity index (χ0) is 21.7. The Balaban J connectivity index is 1.97.